The quantitative estimate of drug-likeness (QED) is 0.310. The molecule has 0 radical (unpaired) electrons. The van der Waals surface area contributed by atoms with Gasteiger partial charge in [0.25, 0.3) is 0 Å². The van der Waals surface area contributed by atoms with Crippen molar-refractivity contribution in [1.29, 1.82) is 0 Å². The van der Waals surface area contributed by atoms with Crippen LogP contribution in [-0.4, -0.2) is 17.9 Å². The molecule has 0 bridgehead atoms. The molecule has 2 atom stereocenters. The Balaban J connectivity index is 1.31. The van der Waals surface area contributed by atoms with Crippen LogP contribution in [0.15, 0.2) is 107 Å². The molecule has 5 nitrogen and oxygen atoms in total. The molecule has 6 rings (SSSR count). The number of hydrogen-bond acceptors (Lipinski definition) is 5. The van der Waals surface area contributed by atoms with Gasteiger partial charge in [0.05, 0.1) is 5.57 Å². The first-order chi connectivity index (χ1) is 20.1. The summed E-state index contributed by atoms with van der Waals surface area (Å²) in [5.74, 6) is 0.132. The molecule has 41 heavy (non-hydrogen) atoms. The normalized spacial score (nSPS) is 21.2. The van der Waals surface area contributed by atoms with Crippen LogP contribution in [0.1, 0.15) is 80.4 Å². The highest BCUT2D eigenvalue weighted by molar-refractivity contribution is 6.04. The second kappa shape index (κ2) is 12.2. The highest BCUT2D eigenvalue weighted by atomic mass is 16.5. The zero-order valence-electron chi connectivity index (χ0n) is 23.6. The van der Waals surface area contributed by atoms with Crippen LogP contribution in [-0.2, 0) is 20.9 Å². The van der Waals surface area contributed by atoms with E-state index in [2.05, 4.69) is 17.4 Å². The van der Waals surface area contributed by atoms with Crippen molar-refractivity contribution in [1.82, 2.24) is 5.32 Å². The average Bonchev–Trinajstić information content (AvgIpc) is 3.01. The van der Waals surface area contributed by atoms with E-state index < -0.39 is 5.92 Å². The van der Waals surface area contributed by atoms with Gasteiger partial charge in [0.2, 0.25) is 0 Å². The lowest BCUT2D eigenvalue weighted by Crippen LogP contribution is -2.37. The number of nitrogens with one attached hydrogen (secondary N) is 1. The van der Waals surface area contributed by atoms with Gasteiger partial charge in [-0.15, -0.1) is 0 Å². The molecule has 1 fully saturated rings. The minimum Gasteiger partial charge on any atom is -0.489 e. The van der Waals surface area contributed by atoms with Crippen LogP contribution in [0.5, 0.6) is 5.75 Å². The molecule has 3 aromatic carbocycles. The van der Waals surface area contributed by atoms with Crippen molar-refractivity contribution in [3.8, 4) is 5.75 Å². The van der Waals surface area contributed by atoms with E-state index in [-0.39, 0.29) is 23.8 Å². The van der Waals surface area contributed by atoms with Crippen LogP contribution in [0.4, 0.5) is 0 Å². The van der Waals surface area contributed by atoms with Crippen LogP contribution in [0.2, 0.25) is 0 Å². The van der Waals surface area contributed by atoms with Gasteiger partial charge in [-0.25, -0.2) is 4.79 Å². The molecule has 1 N–H and O–H groups in total. The number of rotatable bonds is 7. The smallest absolute Gasteiger partial charge is 0.337 e. The summed E-state index contributed by atoms with van der Waals surface area (Å²) in [6.45, 7) is 2.41. The van der Waals surface area contributed by atoms with Gasteiger partial charge in [0.1, 0.15) is 18.5 Å². The summed E-state index contributed by atoms with van der Waals surface area (Å²) in [5, 5.41) is 3.48. The van der Waals surface area contributed by atoms with E-state index in [1.807, 2.05) is 79.7 Å². The second-order valence-electron chi connectivity index (χ2n) is 11.4. The Morgan fingerprint density at radius 3 is 2.22 bits per heavy atom. The molecule has 3 aliphatic rings. The van der Waals surface area contributed by atoms with Crippen LogP contribution in [0, 0.1) is 0 Å². The Labute approximate surface area is 242 Å². The van der Waals surface area contributed by atoms with Crippen LogP contribution in [0.25, 0.3) is 0 Å². The molecule has 0 aromatic heterocycles. The molecule has 1 aliphatic heterocycles. The van der Waals surface area contributed by atoms with Crippen molar-refractivity contribution in [3.63, 3.8) is 0 Å². The Morgan fingerprint density at radius 1 is 0.829 bits per heavy atom. The number of allylic oxidation sites excluding steroid dienone is 3. The predicted octanol–water partition coefficient (Wildman–Crippen LogP) is 7.50. The summed E-state index contributed by atoms with van der Waals surface area (Å²) < 4.78 is 12.1. The highest BCUT2D eigenvalue weighted by Gasteiger charge is 2.42. The number of esters is 1. The first-order valence-corrected chi connectivity index (χ1v) is 14.8. The predicted molar refractivity (Wildman–Crippen MR) is 159 cm³/mol. The lowest BCUT2D eigenvalue weighted by atomic mass is 9.71. The van der Waals surface area contributed by atoms with E-state index in [0.29, 0.717) is 24.2 Å². The third-order valence-electron chi connectivity index (χ3n) is 8.61. The third-order valence-corrected chi connectivity index (χ3v) is 8.61. The van der Waals surface area contributed by atoms with Crippen molar-refractivity contribution in [2.75, 3.05) is 0 Å². The van der Waals surface area contributed by atoms with E-state index in [1.165, 1.54) is 6.42 Å². The SMILES string of the molecule is CC1=C(C(=O)OC2CCCCC2)[C@@H](c2ccc(OCc3ccccc3)cc2)C2=C(C[C@@H](c3ccccc3)CC2=O)N1. The first-order valence-electron chi connectivity index (χ1n) is 14.8. The molecule has 1 heterocycles. The number of ketones is 1. The number of hydrogen-bond donors (Lipinski definition) is 1. The van der Waals surface area contributed by atoms with Gasteiger partial charge in [-0.1, -0.05) is 79.2 Å². The van der Waals surface area contributed by atoms with Gasteiger partial charge in [-0.05, 0) is 73.8 Å². The van der Waals surface area contributed by atoms with E-state index in [0.717, 1.165) is 65.9 Å². The monoisotopic (exact) mass is 547 g/mol. The number of benzene rings is 3. The van der Waals surface area contributed by atoms with Gasteiger partial charge in [0.15, 0.2) is 5.78 Å². The van der Waals surface area contributed by atoms with Crippen molar-refractivity contribution >= 4 is 11.8 Å². The van der Waals surface area contributed by atoms with Crippen LogP contribution >= 0.6 is 0 Å². The summed E-state index contributed by atoms with van der Waals surface area (Å²) >= 11 is 0. The van der Waals surface area contributed by atoms with Crippen molar-refractivity contribution in [3.05, 3.63) is 124 Å². The Kier molecular flexibility index (Phi) is 8.04. The fourth-order valence-electron chi connectivity index (χ4n) is 6.50. The zero-order valence-corrected chi connectivity index (χ0v) is 23.6. The maximum atomic E-state index is 13.9. The van der Waals surface area contributed by atoms with Gasteiger partial charge >= 0.3 is 5.97 Å². The first kappa shape index (κ1) is 27.1. The Hall–Kier alpha value is -4.12. The number of Topliss-reactive ketones (excluding diaryl/α,β-unsaturated/α-hetero) is 1. The fraction of sp³-hybridized carbons (Fsp3) is 0.333. The molecule has 0 amide bonds. The standard InChI is InChI=1S/C36H37NO4/c1-24-33(36(39)41-30-15-9-4-10-16-30)34(27-17-19-29(20-18-27)40-23-25-11-5-2-6-12-25)35-31(37-24)21-28(22-32(35)38)26-13-7-3-8-14-26/h2-3,5-8,11-14,17-20,28,30,34,37H,4,9-10,15-16,21-23H2,1H3/t28-,34-/m1/s1. The topological polar surface area (TPSA) is 64.6 Å². The van der Waals surface area contributed by atoms with Gasteiger partial charge in [0, 0.05) is 29.3 Å². The molecule has 1 saturated carbocycles. The molecular formula is C36H37NO4. The average molecular weight is 548 g/mol. The Bertz CT molecular complexity index is 1450. The number of dihydropyridines is 1. The fourth-order valence-corrected chi connectivity index (χ4v) is 6.50. The van der Waals surface area contributed by atoms with Crippen LogP contribution < -0.4 is 10.1 Å². The van der Waals surface area contributed by atoms with Crippen molar-refractivity contribution < 1.29 is 19.1 Å². The van der Waals surface area contributed by atoms with E-state index >= 15 is 0 Å². The third kappa shape index (κ3) is 6.00. The maximum Gasteiger partial charge on any atom is 0.337 e. The second-order valence-corrected chi connectivity index (χ2v) is 11.4. The molecule has 0 spiro atoms. The lowest BCUT2D eigenvalue weighted by molar-refractivity contribution is -0.146. The van der Waals surface area contributed by atoms with Crippen molar-refractivity contribution in [2.45, 2.75) is 76.4 Å². The minimum absolute atomic E-state index is 0.0640. The lowest BCUT2D eigenvalue weighted by Gasteiger charge is -2.37. The van der Waals surface area contributed by atoms with E-state index in [9.17, 15) is 9.59 Å². The molecule has 2 aliphatic carbocycles. The number of carbonyl (C=O) groups is 2. The number of ether oxygens (including phenoxy) is 2. The maximum absolute atomic E-state index is 13.9. The summed E-state index contributed by atoms with van der Waals surface area (Å²) in [6.07, 6.45) is 6.22. The Morgan fingerprint density at radius 2 is 1.51 bits per heavy atom. The molecule has 210 valence electrons. The molecule has 3 aromatic rings. The summed E-state index contributed by atoms with van der Waals surface area (Å²) in [5.41, 5.74) is 6.06. The summed E-state index contributed by atoms with van der Waals surface area (Å²) in [4.78, 5) is 27.7. The molecular weight excluding hydrogens is 510 g/mol. The van der Waals surface area contributed by atoms with E-state index in [1.54, 1.807) is 0 Å². The zero-order chi connectivity index (χ0) is 28.2. The van der Waals surface area contributed by atoms with Gasteiger partial charge in [-0.2, -0.15) is 0 Å². The number of carbonyl (C=O) groups excluding carboxylic acids is 2. The minimum atomic E-state index is -0.477. The summed E-state index contributed by atoms with van der Waals surface area (Å²) in [7, 11) is 0. The molecule has 0 unspecified atom stereocenters. The van der Waals surface area contributed by atoms with Crippen LogP contribution in [0.3, 0.4) is 0 Å². The highest BCUT2D eigenvalue weighted by Crippen LogP contribution is 2.46. The van der Waals surface area contributed by atoms with E-state index in [4.69, 9.17) is 9.47 Å². The van der Waals surface area contributed by atoms with Gasteiger partial charge < -0.3 is 14.8 Å². The molecule has 0 saturated heterocycles. The van der Waals surface area contributed by atoms with Crippen molar-refractivity contribution in [2.24, 2.45) is 0 Å². The summed E-state index contributed by atoms with van der Waals surface area (Å²) in [6, 6.07) is 28.1. The largest absolute Gasteiger partial charge is 0.489 e. The molecule has 5 heteroatoms. The van der Waals surface area contributed by atoms with Gasteiger partial charge in [-0.3, -0.25) is 4.79 Å².